The molecule has 1 atom stereocenters. The Labute approximate surface area is 159 Å². The molecule has 0 aromatic heterocycles. The van der Waals surface area contributed by atoms with Gasteiger partial charge in [0.2, 0.25) is 11.8 Å². The summed E-state index contributed by atoms with van der Waals surface area (Å²) in [5, 5.41) is 5.74. The number of carbonyl (C=O) groups is 2. The van der Waals surface area contributed by atoms with Crippen LogP contribution in [0.15, 0.2) is 48.5 Å². The highest BCUT2D eigenvalue weighted by molar-refractivity contribution is 5.79. The fourth-order valence-corrected chi connectivity index (χ4v) is 2.77. The van der Waals surface area contributed by atoms with Crippen LogP contribution in [0.25, 0.3) is 0 Å². The average Bonchev–Trinajstić information content (AvgIpc) is 2.67. The van der Waals surface area contributed by atoms with Crippen molar-refractivity contribution >= 4 is 11.8 Å². The molecule has 6 nitrogen and oxygen atoms in total. The number of hydrogen-bond donors (Lipinski definition) is 2. The summed E-state index contributed by atoms with van der Waals surface area (Å²) in [5.41, 5.74) is 1.94. The number of amides is 2. The first-order chi connectivity index (χ1) is 13.0. The van der Waals surface area contributed by atoms with Crippen LogP contribution in [0.4, 0.5) is 0 Å². The highest BCUT2D eigenvalue weighted by atomic mass is 16.5. The van der Waals surface area contributed by atoms with E-state index in [0.29, 0.717) is 13.0 Å². The van der Waals surface area contributed by atoms with E-state index in [4.69, 9.17) is 9.47 Å². The van der Waals surface area contributed by atoms with Gasteiger partial charge in [0.1, 0.15) is 11.5 Å². The second-order valence-electron chi connectivity index (χ2n) is 6.18. The third kappa shape index (κ3) is 6.66. The summed E-state index contributed by atoms with van der Waals surface area (Å²) in [5.74, 6) is 1.22. The van der Waals surface area contributed by atoms with Crippen molar-refractivity contribution in [3.05, 3.63) is 59.7 Å². The molecule has 2 rings (SSSR count). The molecule has 27 heavy (non-hydrogen) atoms. The quantitative estimate of drug-likeness (QED) is 0.711. The van der Waals surface area contributed by atoms with Gasteiger partial charge in [-0.3, -0.25) is 9.59 Å². The lowest BCUT2D eigenvalue weighted by Gasteiger charge is -2.18. The largest absolute Gasteiger partial charge is 0.497 e. The summed E-state index contributed by atoms with van der Waals surface area (Å²) in [7, 11) is 3.22. The number of benzene rings is 2. The van der Waals surface area contributed by atoms with Gasteiger partial charge in [-0.1, -0.05) is 24.3 Å². The van der Waals surface area contributed by atoms with Crippen LogP contribution in [0.3, 0.4) is 0 Å². The molecule has 2 N–H and O–H groups in total. The van der Waals surface area contributed by atoms with Crippen LogP contribution in [0.2, 0.25) is 0 Å². The molecule has 2 aromatic rings. The smallest absolute Gasteiger partial charge is 0.222 e. The van der Waals surface area contributed by atoms with Gasteiger partial charge in [-0.25, -0.2) is 0 Å². The van der Waals surface area contributed by atoms with E-state index < -0.39 is 0 Å². The van der Waals surface area contributed by atoms with Gasteiger partial charge in [0.05, 0.1) is 26.7 Å². The minimum atomic E-state index is -0.384. The lowest BCUT2D eigenvalue weighted by Crippen LogP contribution is -2.33. The van der Waals surface area contributed by atoms with E-state index in [9.17, 15) is 9.59 Å². The molecule has 2 aromatic carbocycles. The van der Waals surface area contributed by atoms with Crippen LogP contribution in [0, 0.1) is 0 Å². The highest BCUT2D eigenvalue weighted by Gasteiger charge is 2.17. The topological polar surface area (TPSA) is 76.7 Å². The fraction of sp³-hybridized carbons (Fsp3) is 0.333. The molecule has 0 fully saturated rings. The molecular formula is C21H26N2O4. The van der Waals surface area contributed by atoms with E-state index in [0.717, 1.165) is 22.6 Å². The molecule has 6 heteroatoms. The van der Waals surface area contributed by atoms with Crippen molar-refractivity contribution in [3.63, 3.8) is 0 Å². The third-order valence-corrected chi connectivity index (χ3v) is 4.16. The van der Waals surface area contributed by atoms with Crippen LogP contribution in [0.1, 0.15) is 30.5 Å². The van der Waals surface area contributed by atoms with Gasteiger partial charge in [-0.05, 0) is 41.8 Å². The number of ether oxygens (including phenoxy) is 2. The fourth-order valence-electron chi connectivity index (χ4n) is 2.77. The molecule has 0 bridgehead atoms. The SMILES string of the molecule is COc1ccc(C(CC(=O)NCCc2cccc(OC)c2)NC(C)=O)cc1. The van der Waals surface area contributed by atoms with Gasteiger partial charge in [0, 0.05) is 13.5 Å². The van der Waals surface area contributed by atoms with Crippen molar-refractivity contribution in [1.82, 2.24) is 10.6 Å². The zero-order valence-corrected chi connectivity index (χ0v) is 16.0. The average molecular weight is 370 g/mol. The summed E-state index contributed by atoms with van der Waals surface area (Å²) in [6.45, 7) is 1.96. The normalized spacial score (nSPS) is 11.4. The molecule has 144 valence electrons. The van der Waals surface area contributed by atoms with E-state index in [1.54, 1.807) is 14.2 Å². The summed E-state index contributed by atoms with van der Waals surface area (Å²) in [6.07, 6.45) is 0.875. The van der Waals surface area contributed by atoms with Crippen LogP contribution in [0.5, 0.6) is 11.5 Å². The van der Waals surface area contributed by atoms with Crippen LogP contribution in [-0.2, 0) is 16.0 Å². The number of methoxy groups -OCH3 is 2. The molecular weight excluding hydrogens is 344 g/mol. The molecule has 0 saturated carbocycles. The second-order valence-corrected chi connectivity index (χ2v) is 6.18. The van der Waals surface area contributed by atoms with Gasteiger partial charge >= 0.3 is 0 Å². The van der Waals surface area contributed by atoms with E-state index in [2.05, 4.69) is 10.6 Å². The van der Waals surface area contributed by atoms with E-state index in [1.807, 2.05) is 48.5 Å². The number of carbonyl (C=O) groups excluding carboxylic acids is 2. The van der Waals surface area contributed by atoms with Crippen molar-refractivity contribution < 1.29 is 19.1 Å². The van der Waals surface area contributed by atoms with Gasteiger partial charge in [-0.15, -0.1) is 0 Å². The molecule has 0 aliphatic heterocycles. The zero-order valence-electron chi connectivity index (χ0n) is 16.0. The van der Waals surface area contributed by atoms with Gasteiger partial charge in [0.25, 0.3) is 0 Å². The maximum atomic E-state index is 12.3. The Bertz CT molecular complexity index is 759. The molecule has 0 aliphatic carbocycles. The standard InChI is InChI=1S/C21H26N2O4/c1-15(24)23-20(17-7-9-18(26-2)10-8-17)14-21(25)22-12-11-16-5-4-6-19(13-16)27-3/h4-10,13,20H,11-12,14H2,1-3H3,(H,22,25)(H,23,24). The lowest BCUT2D eigenvalue weighted by molar-refractivity contribution is -0.122. The third-order valence-electron chi connectivity index (χ3n) is 4.16. The van der Waals surface area contributed by atoms with Crippen molar-refractivity contribution in [3.8, 4) is 11.5 Å². The summed E-state index contributed by atoms with van der Waals surface area (Å²) >= 11 is 0. The van der Waals surface area contributed by atoms with Crippen LogP contribution >= 0.6 is 0 Å². The van der Waals surface area contributed by atoms with Gasteiger partial charge in [-0.2, -0.15) is 0 Å². The van der Waals surface area contributed by atoms with E-state index in [-0.39, 0.29) is 24.3 Å². The Morgan fingerprint density at radius 3 is 2.33 bits per heavy atom. The van der Waals surface area contributed by atoms with Crippen LogP contribution in [-0.4, -0.2) is 32.6 Å². The molecule has 2 amide bonds. The van der Waals surface area contributed by atoms with Gasteiger partial charge in [0.15, 0.2) is 0 Å². The molecule has 0 radical (unpaired) electrons. The van der Waals surface area contributed by atoms with Crippen LogP contribution < -0.4 is 20.1 Å². The Kier molecular flexibility index (Phi) is 7.67. The maximum absolute atomic E-state index is 12.3. The molecule has 0 aliphatic rings. The minimum Gasteiger partial charge on any atom is -0.497 e. The predicted octanol–water partition coefficient (Wildman–Crippen LogP) is 2.63. The molecule has 1 unspecified atom stereocenters. The minimum absolute atomic E-state index is 0.118. The zero-order chi connectivity index (χ0) is 19.6. The second kappa shape index (κ2) is 10.2. The Balaban J connectivity index is 1.91. The van der Waals surface area contributed by atoms with Crippen molar-refractivity contribution in [2.45, 2.75) is 25.8 Å². The predicted molar refractivity (Wildman–Crippen MR) is 104 cm³/mol. The van der Waals surface area contributed by atoms with Gasteiger partial charge < -0.3 is 20.1 Å². The first-order valence-corrected chi connectivity index (χ1v) is 8.82. The summed E-state index contributed by atoms with van der Waals surface area (Å²) in [6, 6.07) is 14.7. The van der Waals surface area contributed by atoms with Crippen molar-refractivity contribution in [2.24, 2.45) is 0 Å². The first-order valence-electron chi connectivity index (χ1n) is 8.82. The van der Waals surface area contributed by atoms with E-state index >= 15 is 0 Å². The molecule has 0 heterocycles. The Morgan fingerprint density at radius 1 is 1.00 bits per heavy atom. The molecule has 0 spiro atoms. The lowest BCUT2D eigenvalue weighted by atomic mass is 10.0. The number of nitrogens with one attached hydrogen (secondary N) is 2. The Hall–Kier alpha value is -3.02. The maximum Gasteiger partial charge on any atom is 0.222 e. The van der Waals surface area contributed by atoms with E-state index in [1.165, 1.54) is 6.92 Å². The first kappa shape index (κ1) is 20.3. The summed E-state index contributed by atoms with van der Waals surface area (Å²) in [4.78, 5) is 23.8. The molecule has 0 saturated heterocycles. The van der Waals surface area contributed by atoms with Crippen molar-refractivity contribution in [2.75, 3.05) is 20.8 Å². The highest BCUT2D eigenvalue weighted by Crippen LogP contribution is 2.20. The number of rotatable bonds is 9. The van der Waals surface area contributed by atoms with Crippen molar-refractivity contribution in [1.29, 1.82) is 0 Å². The number of hydrogen-bond acceptors (Lipinski definition) is 4. The summed E-state index contributed by atoms with van der Waals surface area (Å²) < 4.78 is 10.3. The monoisotopic (exact) mass is 370 g/mol. The Morgan fingerprint density at radius 2 is 1.70 bits per heavy atom.